The van der Waals surface area contributed by atoms with Gasteiger partial charge in [0.15, 0.2) is 0 Å². The van der Waals surface area contributed by atoms with E-state index in [1.807, 2.05) is 0 Å². The third-order valence-electron chi connectivity index (χ3n) is 8.23. The third kappa shape index (κ3) is 9.56. The summed E-state index contributed by atoms with van der Waals surface area (Å²) >= 11 is 0. The van der Waals surface area contributed by atoms with Crippen LogP contribution in [0.3, 0.4) is 0 Å². The normalized spacial score (nSPS) is 21.0. The van der Waals surface area contributed by atoms with Gasteiger partial charge < -0.3 is 36.6 Å². The van der Waals surface area contributed by atoms with Gasteiger partial charge in [0.1, 0.15) is 24.7 Å². The van der Waals surface area contributed by atoms with Crippen molar-refractivity contribution in [3.8, 4) is 0 Å². The zero-order valence-electron chi connectivity index (χ0n) is 27.0. The maximum Gasteiger partial charge on any atom is 0.321 e. The van der Waals surface area contributed by atoms with Gasteiger partial charge >= 0.3 is 6.03 Å². The van der Waals surface area contributed by atoms with Crippen LogP contribution in [0.4, 0.5) is 4.79 Å². The molecular formula is C31H45N7O9. The second-order valence-corrected chi connectivity index (χ2v) is 12.0. The summed E-state index contributed by atoms with van der Waals surface area (Å²) in [6.07, 6.45) is -0.551. The number of aliphatic hydroxyl groups excluding tert-OH is 2. The number of hydrogen-bond donors (Lipinski definition) is 6. The Morgan fingerprint density at radius 3 is 2.32 bits per heavy atom. The predicted molar refractivity (Wildman–Crippen MR) is 168 cm³/mol. The van der Waals surface area contributed by atoms with Gasteiger partial charge in [-0.1, -0.05) is 51.1 Å². The number of carbonyl (C=O) groups is 6. The van der Waals surface area contributed by atoms with Crippen LogP contribution in [0.5, 0.6) is 0 Å². The van der Waals surface area contributed by atoms with Crippen molar-refractivity contribution in [1.29, 1.82) is 0 Å². The summed E-state index contributed by atoms with van der Waals surface area (Å²) in [6.45, 7) is 4.47. The van der Waals surface area contributed by atoms with E-state index in [4.69, 9.17) is 10.5 Å². The largest absolute Gasteiger partial charge is 0.390 e. The van der Waals surface area contributed by atoms with Crippen LogP contribution in [0.25, 0.3) is 0 Å². The summed E-state index contributed by atoms with van der Waals surface area (Å²) in [5.41, 5.74) is 5.96. The van der Waals surface area contributed by atoms with Gasteiger partial charge in [0.2, 0.25) is 17.7 Å². The number of carbonyl (C=O) groups excluding carboxylic acids is 6. The van der Waals surface area contributed by atoms with Crippen LogP contribution in [0, 0.1) is 11.8 Å². The van der Waals surface area contributed by atoms with Crippen molar-refractivity contribution in [2.45, 2.75) is 82.8 Å². The maximum atomic E-state index is 13.8. The van der Waals surface area contributed by atoms with Crippen molar-refractivity contribution < 1.29 is 43.7 Å². The first-order valence-electron chi connectivity index (χ1n) is 15.5. The van der Waals surface area contributed by atoms with Gasteiger partial charge in [0, 0.05) is 19.9 Å². The summed E-state index contributed by atoms with van der Waals surface area (Å²) < 4.78 is 4.83. The van der Waals surface area contributed by atoms with Crippen LogP contribution >= 0.6 is 0 Å². The topological polar surface area (TPSA) is 233 Å². The van der Waals surface area contributed by atoms with Gasteiger partial charge in [-0.25, -0.2) is 9.80 Å². The number of hydrazone groups is 1. The molecule has 2 heterocycles. The van der Waals surface area contributed by atoms with Gasteiger partial charge in [-0.3, -0.25) is 28.9 Å². The standard InChI is InChI=1S/C31H45N7O9/c1-17(2)25(40)24(36-23(39)16-47-4)30(45)38-22(11-8-13-33-38)28(43)35-21(15-19-9-6-5-7-10-19)26(41)18(3)27(42)34-20-12-14-37(29(20)44)31(32)46/h5-7,9-10,13,17-18,20-22,24-26,40-41H,8,11-12,14-16H2,1-4H3,(H2,32,46)(H,34,42)(H,35,43)(H,36,39)/t18-,20-,21-,22-,24+,25+,26-/m0/s1. The molecule has 0 unspecified atom stereocenters. The predicted octanol–water partition coefficient (Wildman–Crippen LogP) is -1.37. The van der Waals surface area contributed by atoms with E-state index in [2.05, 4.69) is 21.1 Å². The number of aliphatic hydroxyl groups is 2. The molecule has 1 fully saturated rings. The second-order valence-electron chi connectivity index (χ2n) is 12.0. The van der Waals surface area contributed by atoms with Gasteiger partial charge in [-0.2, -0.15) is 5.10 Å². The first-order chi connectivity index (χ1) is 22.3. The summed E-state index contributed by atoms with van der Waals surface area (Å²) in [5.74, 6) is -5.02. The minimum Gasteiger partial charge on any atom is -0.390 e. The quantitative estimate of drug-likeness (QED) is 0.138. The molecule has 1 saturated heterocycles. The number of nitrogens with one attached hydrogen (secondary N) is 3. The average molecular weight is 660 g/mol. The molecule has 2 aliphatic rings. The van der Waals surface area contributed by atoms with E-state index < -0.39 is 83.8 Å². The monoisotopic (exact) mass is 659 g/mol. The first-order valence-corrected chi connectivity index (χ1v) is 15.5. The molecule has 258 valence electrons. The molecule has 0 aromatic heterocycles. The molecule has 3 rings (SSSR count). The van der Waals surface area contributed by atoms with Crippen molar-refractivity contribution in [2.24, 2.45) is 22.7 Å². The molecule has 1 aromatic rings. The van der Waals surface area contributed by atoms with Crippen molar-refractivity contribution in [3.05, 3.63) is 35.9 Å². The highest BCUT2D eigenvalue weighted by molar-refractivity contribution is 6.00. The number of imide groups is 1. The van der Waals surface area contributed by atoms with Crippen molar-refractivity contribution in [3.63, 3.8) is 0 Å². The number of nitrogens with two attached hydrogens (primary N) is 1. The van der Waals surface area contributed by atoms with E-state index in [0.29, 0.717) is 6.42 Å². The lowest BCUT2D eigenvalue weighted by molar-refractivity contribution is -0.148. The molecular weight excluding hydrogens is 614 g/mol. The summed E-state index contributed by atoms with van der Waals surface area (Å²) in [6, 6.07) is 3.38. The molecule has 0 aliphatic carbocycles. The molecule has 2 aliphatic heterocycles. The lowest BCUT2D eigenvalue weighted by atomic mass is 9.91. The number of ether oxygens (including phenoxy) is 1. The van der Waals surface area contributed by atoms with E-state index in [9.17, 15) is 39.0 Å². The lowest BCUT2D eigenvalue weighted by Gasteiger charge is -2.36. The van der Waals surface area contributed by atoms with Gasteiger partial charge in [-0.15, -0.1) is 0 Å². The molecule has 0 radical (unpaired) electrons. The number of rotatable bonds is 14. The maximum absolute atomic E-state index is 13.8. The fourth-order valence-corrected chi connectivity index (χ4v) is 5.44. The molecule has 0 saturated carbocycles. The lowest BCUT2D eigenvalue weighted by Crippen LogP contribution is -2.61. The molecule has 47 heavy (non-hydrogen) atoms. The highest BCUT2D eigenvalue weighted by atomic mass is 16.5. The van der Waals surface area contributed by atoms with Crippen LogP contribution in [0.2, 0.25) is 0 Å². The minimum absolute atomic E-state index is 0.0486. The second kappa shape index (κ2) is 16.9. The molecule has 0 bridgehead atoms. The SMILES string of the molecule is COCC(=O)N[C@@H](C(=O)N1N=CCC[C@H]1C(=O)N[C@@H](Cc1ccccc1)[C@@H](O)[C@H](C)C(=O)N[C@H]1CCN(C(N)=O)C1=O)[C@H](O)C(C)C. The summed E-state index contributed by atoms with van der Waals surface area (Å²) in [5, 5.41) is 35.1. The number of amides is 7. The molecule has 16 nitrogen and oxygen atoms in total. The summed E-state index contributed by atoms with van der Waals surface area (Å²) in [7, 11) is 1.31. The third-order valence-corrected chi connectivity index (χ3v) is 8.23. The van der Waals surface area contributed by atoms with E-state index in [-0.39, 0.29) is 32.4 Å². The molecule has 7 atom stereocenters. The van der Waals surface area contributed by atoms with Crippen LogP contribution in [0.1, 0.15) is 45.6 Å². The average Bonchev–Trinajstić information content (AvgIpc) is 3.41. The Kier molecular flexibility index (Phi) is 13.4. The van der Waals surface area contributed by atoms with Gasteiger partial charge in [-0.05, 0) is 37.2 Å². The van der Waals surface area contributed by atoms with Crippen molar-refractivity contribution in [1.82, 2.24) is 25.9 Å². The highest BCUT2D eigenvalue weighted by Gasteiger charge is 2.42. The Morgan fingerprint density at radius 1 is 1.04 bits per heavy atom. The first kappa shape index (κ1) is 37.1. The van der Waals surface area contributed by atoms with Crippen LogP contribution < -0.4 is 21.7 Å². The fraction of sp³-hybridized carbons (Fsp3) is 0.581. The minimum atomic E-state index is -1.46. The Labute approximate surface area is 273 Å². The van der Waals surface area contributed by atoms with Crippen LogP contribution in [0.15, 0.2) is 35.4 Å². The number of hydrogen-bond acceptors (Lipinski definition) is 10. The highest BCUT2D eigenvalue weighted by Crippen LogP contribution is 2.20. The zero-order chi connectivity index (χ0) is 34.8. The van der Waals surface area contributed by atoms with Crippen molar-refractivity contribution in [2.75, 3.05) is 20.3 Å². The number of likely N-dealkylation sites (tertiary alicyclic amines) is 1. The van der Waals surface area contributed by atoms with Crippen LogP contribution in [-0.2, 0) is 35.1 Å². The molecule has 0 spiro atoms. The number of urea groups is 1. The Balaban J connectivity index is 1.82. The van der Waals surface area contributed by atoms with Crippen LogP contribution in [-0.4, -0.2) is 119 Å². The van der Waals surface area contributed by atoms with Gasteiger partial charge in [0.25, 0.3) is 11.8 Å². The molecule has 7 amide bonds. The Hall–Kier alpha value is -4.41. The molecule has 16 heteroatoms. The van der Waals surface area contributed by atoms with Crippen molar-refractivity contribution >= 4 is 41.8 Å². The number of benzene rings is 1. The summed E-state index contributed by atoms with van der Waals surface area (Å²) in [4.78, 5) is 77.8. The Bertz CT molecular complexity index is 1330. The smallest absolute Gasteiger partial charge is 0.321 e. The Morgan fingerprint density at radius 2 is 1.72 bits per heavy atom. The number of methoxy groups -OCH3 is 1. The van der Waals surface area contributed by atoms with E-state index in [1.165, 1.54) is 20.2 Å². The fourth-order valence-electron chi connectivity index (χ4n) is 5.44. The molecule has 7 N–H and O–H groups in total. The number of nitrogens with zero attached hydrogens (tertiary/aromatic N) is 3. The van der Waals surface area contributed by atoms with E-state index >= 15 is 0 Å². The van der Waals surface area contributed by atoms with Gasteiger partial charge in [0.05, 0.1) is 24.2 Å². The molecule has 1 aromatic carbocycles. The number of primary amides is 1. The zero-order valence-corrected chi connectivity index (χ0v) is 27.0. The van der Waals surface area contributed by atoms with E-state index in [0.717, 1.165) is 15.5 Å². The van der Waals surface area contributed by atoms with E-state index in [1.54, 1.807) is 44.2 Å².